The van der Waals surface area contributed by atoms with Crippen molar-refractivity contribution in [1.29, 1.82) is 0 Å². The normalized spacial score (nSPS) is 21.6. The lowest BCUT2D eigenvalue weighted by Crippen LogP contribution is -2.43. The molecule has 3 rings (SSSR count). The molecule has 1 fully saturated rings. The average molecular weight is 387 g/mol. The van der Waals surface area contributed by atoms with Crippen molar-refractivity contribution in [2.24, 2.45) is 11.3 Å². The van der Waals surface area contributed by atoms with Crippen LogP contribution in [0, 0.1) is 11.3 Å². The van der Waals surface area contributed by atoms with E-state index in [1.807, 2.05) is 13.8 Å². The lowest BCUT2D eigenvalue weighted by atomic mass is 9.76. The largest absolute Gasteiger partial charge is 0.340 e. The molecule has 1 aromatic rings. The quantitative estimate of drug-likeness (QED) is 0.418. The monoisotopic (exact) mass is 387 g/mol. The van der Waals surface area contributed by atoms with Gasteiger partial charge in [-0.25, -0.2) is 5.48 Å². The highest BCUT2D eigenvalue weighted by Gasteiger charge is 2.48. The van der Waals surface area contributed by atoms with Gasteiger partial charge in [-0.15, -0.1) is 0 Å². The molecule has 4 amide bonds. The second-order valence-electron chi connectivity index (χ2n) is 7.94. The van der Waals surface area contributed by atoms with Crippen molar-refractivity contribution >= 4 is 23.6 Å². The Morgan fingerprint density at radius 3 is 2.29 bits per heavy atom. The number of hydrogen-bond donors (Lipinski definition) is 2. The Bertz CT molecular complexity index is 787. The number of rotatable bonds is 7. The third-order valence-corrected chi connectivity index (χ3v) is 5.50. The SMILES string of the molecule is CC(C)CC1(CC(=O)NO)CCN(CCN2C(=O)c3ccccc3C2=O)C1=O. The minimum absolute atomic E-state index is 0.0793. The number of likely N-dealkylation sites (tertiary alicyclic amines) is 1. The summed E-state index contributed by atoms with van der Waals surface area (Å²) in [5.74, 6) is -1.25. The molecule has 150 valence electrons. The van der Waals surface area contributed by atoms with E-state index in [0.29, 0.717) is 30.5 Å². The van der Waals surface area contributed by atoms with Gasteiger partial charge in [-0.1, -0.05) is 26.0 Å². The van der Waals surface area contributed by atoms with E-state index in [1.165, 1.54) is 4.90 Å². The van der Waals surface area contributed by atoms with Gasteiger partial charge in [0.2, 0.25) is 11.8 Å². The molecule has 0 aliphatic carbocycles. The third kappa shape index (κ3) is 3.52. The second-order valence-corrected chi connectivity index (χ2v) is 7.94. The highest BCUT2D eigenvalue weighted by Crippen LogP contribution is 2.41. The maximum Gasteiger partial charge on any atom is 0.261 e. The van der Waals surface area contributed by atoms with Crippen molar-refractivity contribution < 1.29 is 24.4 Å². The Labute approximate surface area is 163 Å². The van der Waals surface area contributed by atoms with Crippen LogP contribution in [-0.4, -0.2) is 58.3 Å². The summed E-state index contributed by atoms with van der Waals surface area (Å²) in [6.07, 6.45) is 0.951. The number of benzene rings is 1. The van der Waals surface area contributed by atoms with Crippen molar-refractivity contribution in [3.05, 3.63) is 35.4 Å². The number of carbonyl (C=O) groups excluding carboxylic acids is 4. The lowest BCUT2D eigenvalue weighted by molar-refractivity contribution is -0.143. The topological polar surface area (TPSA) is 107 Å². The molecule has 0 saturated carbocycles. The maximum absolute atomic E-state index is 13.1. The maximum atomic E-state index is 13.1. The van der Waals surface area contributed by atoms with E-state index in [1.54, 1.807) is 34.6 Å². The molecule has 2 heterocycles. The first kappa shape index (κ1) is 20.0. The number of hydrogen-bond acceptors (Lipinski definition) is 5. The smallest absolute Gasteiger partial charge is 0.261 e. The first-order valence-electron chi connectivity index (χ1n) is 9.46. The van der Waals surface area contributed by atoms with E-state index < -0.39 is 11.3 Å². The van der Waals surface area contributed by atoms with E-state index in [4.69, 9.17) is 5.21 Å². The summed E-state index contributed by atoms with van der Waals surface area (Å²) in [5.41, 5.74) is 1.53. The van der Waals surface area contributed by atoms with E-state index >= 15 is 0 Å². The van der Waals surface area contributed by atoms with E-state index in [-0.39, 0.29) is 43.1 Å². The summed E-state index contributed by atoms with van der Waals surface area (Å²) in [6, 6.07) is 6.67. The number of hydroxylamine groups is 1. The molecule has 1 atom stereocenters. The first-order valence-corrected chi connectivity index (χ1v) is 9.46. The third-order valence-electron chi connectivity index (χ3n) is 5.50. The summed E-state index contributed by atoms with van der Waals surface area (Å²) < 4.78 is 0. The van der Waals surface area contributed by atoms with Crippen molar-refractivity contribution in [2.45, 2.75) is 33.1 Å². The Morgan fingerprint density at radius 1 is 1.14 bits per heavy atom. The molecule has 8 nitrogen and oxygen atoms in total. The predicted octanol–water partition coefficient (Wildman–Crippen LogP) is 1.44. The van der Waals surface area contributed by atoms with Gasteiger partial charge in [0.25, 0.3) is 11.8 Å². The lowest BCUT2D eigenvalue weighted by Gasteiger charge is -2.29. The number of nitrogens with zero attached hydrogens (tertiary/aromatic N) is 2. The zero-order valence-corrected chi connectivity index (χ0v) is 16.1. The van der Waals surface area contributed by atoms with E-state index in [0.717, 1.165) is 0 Å². The number of fused-ring (bicyclic) bond motifs is 1. The Balaban J connectivity index is 1.69. The Morgan fingerprint density at radius 2 is 1.75 bits per heavy atom. The standard InChI is InChI=1S/C20H25N3O5/c1-13(2)11-20(12-16(24)21-28)7-8-22(19(20)27)9-10-23-17(25)14-5-3-4-6-15(14)18(23)26/h3-6,13,28H,7-12H2,1-2H3,(H,21,24). The molecule has 2 aliphatic rings. The van der Waals surface area contributed by atoms with Gasteiger partial charge in [0.1, 0.15) is 0 Å². The zero-order chi connectivity index (χ0) is 20.5. The Kier molecular flexibility index (Phi) is 5.51. The van der Waals surface area contributed by atoms with Crippen LogP contribution in [0.5, 0.6) is 0 Å². The minimum Gasteiger partial charge on any atom is -0.340 e. The fourth-order valence-corrected chi connectivity index (χ4v) is 4.32. The van der Waals surface area contributed by atoms with Crippen LogP contribution in [0.25, 0.3) is 0 Å². The molecule has 0 radical (unpaired) electrons. The van der Waals surface area contributed by atoms with Crippen LogP contribution in [0.4, 0.5) is 0 Å². The van der Waals surface area contributed by atoms with Gasteiger partial charge < -0.3 is 4.90 Å². The molecule has 0 spiro atoms. The summed E-state index contributed by atoms with van der Waals surface area (Å²) >= 11 is 0. The number of nitrogens with one attached hydrogen (secondary N) is 1. The van der Waals surface area contributed by atoms with Crippen molar-refractivity contribution in [3.63, 3.8) is 0 Å². The highest BCUT2D eigenvalue weighted by molar-refractivity contribution is 6.21. The van der Waals surface area contributed by atoms with Gasteiger partial charge in [0, 0.05) is 26.1 Å². The molecule has 2 aliphatic heterocycles. The highest BCUT2D eigenvalue weighted by atomic mass is 16.5. The van der Waals surface area contributed by atoms with Gasteiger partial charge in [0.05, 0.1) is 16.5 Å². The van der Waals surface area contributed by atoms with Crippen LogP contribution >= 0.6 is 0 Å². The zero-order valence-electron chi connectivity index (χ0n) is 16.1. The van der Waals surface area contributed by atoms with Gasteiger partial charge >= 0.3 is 0 Å². The second kappa shape index (κ2) is 7.71. The number of imide groups is 1. The Hall–Kier alpha value is -2.74. The van der Waals surface area contributed by atoms with Crippen LogP contribution in [0.15, 0.2) is 24.3 Å². The van der Waals surface area contributed by atoms with Crippen LogP contribution in [0.2, 0.25) is 0 Å². The first-order chi connectivity index (χ1) is 13.3. The molecular formula is C20H25N3O5. The van der Waals surface area contributed by atoms with E-state index in [2.05, 4.69) is 0 Å². The predicted molar refractivity (Wildman–Crippen MR) is 99.4 cm³/mol. The number of carbonyl (C=O) groups is 4. The van der Waals surface area contributed by atoms with Crippen molar-refractivity contribution in [1.82, 2.24) is 15.3 Å². The fourth-order valence-electron chi connectivity index (χ4n) is 4.32. The van der Waals surface area contributed by atoms with Gasteiger partial charge in [-0.2, -0.15) is 0 Å². The summed E-state index contributed by atoms with van der Waals surface area (Å²) in [6.45, 7) is 4.75. The summed E-state index contributed by atoms with van der Waals surface area (Å²) in [5, 5.41) is 8.88. The molecule has 1 unspecified atom stereocenters. The molecule has 0 aromatic heterocycles. The van der Waals surface area contributed by atoms with Crippen LogP contribution in [0.1, 0.15) is 53.8 Å². The van der Waals surface area contributed by atoms with Crippen LogP contribution < -0.4 is 5.48 Å². The molecule has 8 heteroatoms. The van der Waals surface area contributed by atoms with Crippen molar-refractivity contribution in [3.8, 4) is 0 Å². The van der Waals surface area contributed by atoms with Gasteiger partial charge in [-0.05, 0) is 30.9 Å². The molecular weight excluding hydrogens is 362 g/mol. The van der Waals surface area contributed by atoms with Crippen molar-refractivity contribution in [2.75, 3.05) is 19.6 Å². The average Bonchev–Trinajstić information content (AvgIpc) is 3.08. The summed E-state index contributed by atoms with van der Waals surface area (Å²) in [4.78, 5) is 52.6. The molecule has 1 aromatic carbocycles. The fraction of sp³-hybridized carbons (Fsp3) is 0.500. The molecule has 1 saturated heterocycles. The summed E-state index contributed by atoms with van der Waals surface area (Å²) in [7, 11) is 0. The minimum atomic E-state index is -0.858. The van der Waals surface area contributed by atoms with Crippen LogP contribution in [0.3, 0.4) is 0 Å². The molecule has 2 N–H and O–H groups in total. The van der Waals surface area contributed by atoms with Gasteiger partial charge in [-0.3, -0.25) is 29.3 Å². The number of amides is 4. The van der Waals surface area contributed by atoms with E-state index in [9.17, 15) is 19.2 Å². The molecule has 28 heavy (non-hydrogen) atoms. The van der Waals surface area contributed by atoms with Crippen LogP contribution in [-0.2, 0) is 9.59 Å². The van der Waals surface area contributed by atoms with Gasteiger partial charge in [0.15, 0.2) is 0 Å². The molecule has 0 bridgehead atoms.